The Hall–Kier alpha value is -2.62. The zero-order valence-corrected chi connectivity index (χ0v) is 15.7. The van der Waals surface area contributed by atoms with Crippen molar-refractivity contribution in [2.24, 2.45) is 0 Å². The third-order valence-electron chi connectivity index (χ3n) is 4.85. The van der Waals surface area contributed by atoms with Crippen LogP contribution < -0.4 is 10.2 Å². The molecule has 0 spiro atoms. The summed E-state index contributed by atoms with van der Waals surface area (Å²) in [5.74, 6) is 0.403. The molecule has 2 amide bonds. The zero-order valence-electron chi connectivity index (χ0n) is 15.7. The highest BCUT2D eigenvalue weighted by molar-refractivity contribution is 6.07. The first-order chi connectivity index (χ1) is 12.5. The van der Waals surface area contributed by atoms with Crippen molar-refractivity contribution in [2.75, 3.05) is 16.8 Å². The van der Waals surface area contributed by atoms with Gasteiger partial charge < -0.3 is 10.2 Å². The molecule has 0 bridgehead atoms. The quantitative estimate of drug-likeness (QED) is 0.865. The minimum Gasteiger partial charge on any atom is -0.326 e. The highest BCUT2D eigenvalue weighted by atomic mass is 16.2. The van der Waals surface area contributed by atoms with Gasteiger partial charge >= 0.3 is 0 Å². The zero-order chi connectivity index (χ0) is 18.7. The van der Waals surface area contributed by atoms with Gasteiger partial charge in [0, 0.05) is 29.9 Å². The Bertz CT molecular complexity index is 827. The number of amides is 2. The second-order valence-electron chi connectivity index (χ2n) is 7.09. The van der Waals surface area contributed by atoms with Crippen molar-refractivity contribution in [2.45, 2.75) is 46.0 Å². The fourth-order valence-electron chi connectivity index (χ4n) is 3.32. The van der Waals surface area contributed by atoms with Crippen LogP contribution in [0.15, 0.2) is 42.5 Å². The van der Waals surface area contributed by atoms with Crippen molar-refractivity contribution in [3.63, 3.8) is 0 Å². The maximum atomic E-state index is 13.1. The summed E-state index contributed by atoms with van der Waals surface area (Å²) in [4.78, 5) is 26.6. The molecule has 2 aromatic carbocycles. The van der Waals surface area contributed by atoms with Crippen LogP contribution in [-0.4, -0.2) is 18.4 Å². The number of hydrogen-bond acceptors (Lipinski definition) is 2. The summed E-state index contributed by atoms with van der Waals surface area (Å²) in [6, 6.07) is 13.6. The molecule has 0 radical (unpaired) electrons. The number of nitrogens with zero attached hydrogens (tertiary/aromatic N) is 1. The topological polar surface area (TPSA) is 49.4 Å². The molecule has 4 heteroatoms. The maximum Gasteiger partial charge on any atom is 0.258 e. The second kappa shape index (κ2) is 7.73. The number of fused-ring (bicyclic) bond motifs is 1. The molecule has 0 aliphatic carbocycles. The minimum absolute atomic E-state index is 0.0177. The van der Waals surface area contributed by atoms with Crippen molar-refractivity contribution >= 4 is 23.2 Å². The monoisotopic (exact) mass is 350 g/mol. The van der Waals surface area contributed by atoms with Crippen molar-refractivity contribution in [3.8, 4) is 0 Å². The van der Waals surface area contributed by atoms with Gasteiger partial charge in [-0.3, -0.25) is 9.59 Å². The first kappa shape index (κ1) is 18.2. The Morgan fingerprint density at radius 1 is 1.15 bits per heavy atom. The van der Waals surface area contributed by atoms with Crippen LogP contribution in [0.25, 0.3) is 0 Å². The molecule has 0 fully saturated rings. The van der Waals surface area contributed by atoms with Crippen LogP contribution in [0.3, 0.4) is 0 Å². The van der Waals surface area contributed by atoms with E-state index in [1.807, 2.05) is 17.0 Å². The number of anilines is 2. The summed E-state index contributed by atoms with van der Waals surface area (Å²) in [6.45, 7) is 6.89. The van der Waals surface area contributed by atoms with Crippen LogP contribution in [0, 0.1) is 0 Å². The van der Waals surface area contributed by atoms with Crippen molar-refractivity contribution in [3.05, 3.63) is 59.2 Å². The van der Waals surface area contributed by atoms with Crippen molar-refractivity contribution in [1.82, 2.24) is 0 Å². The van der Waals surface area contributed by atoms with Gasteiger partial charge in [-0.25, -0.2) is 0 Å². The van der Waals surface area contributed by atoms with Gasteiger partial charge in [0.2, 0.25) is 5.91 Å². The van der Waals surface area contributed by atoms with Gasteiger partial charge in [0.05, 0.1) is 0 Å². The molecule has 0 atom stereocenters. The molecule has 1 aliphatic heterocycles. The summed E-state index contributed by atoms with van der Waals surface area (Å²) in [5, 5.41) is 2.82. The van der Waals surface area contributed by atoms with Crippen LogP contribution in [0.4, 0.5) is 11.4 Å². The average Bonchev–Trinajstić information content (AvgIpc) is 2.66. The molecule has 1 aliphatic rings. The molecule has 0 saturated carbocycles. The van der Waals surface area contributed by atoms with E-state index in [0.29, 0.717) is 23.6 Å². The van der Waals surface area contributed by atoms with Crippen LogP contribution in [0.1, 0.15) is 61.0 Å². The predicted octanol–water partition coefficient (Wildman–Crippen LogP) is 4.75. The normalized spacial score (nSPS) is 13.5. The highest BCUT2D eigenvalue weighted by Gasteiger charge is 2.24. The number of hydrogen-bond donors (Lipinski definition) is 1. The van der Waals surface area contributed by atoms with E-state index in [1.54, 1.807) is 19.1 Å². The molecule has 0 saturated heterocycles. The molecular weight excluding hydrogens is 324 g/mol. The highest BCUT2D eigenvalue weighted by Crippen LogP contribution is 2.31. The molecule has 1 N–H and O–H groups in total. The molecule has 4 nitrogen and oxygen atoms in total. The SMILES string of the molecule is CCC(=O)Nc1cccc(C(=O)N2CCCc3cc(C(C)C)ccc32)c1. The van der Waals surface area contributed by atoms with E-state index in [-0.39, 0.29) is 11.8 Å². The standard InChI is InChI=1S/C22H26N2O2/c1-4-21(25)23-19-9-5-7-18(14-19)22(26)24-12-6-8-17-13-16(15(2)3)10-11-20(17)24/h5,7,9-11,13-15H,4,6,8,12H2,1-3H3,(H,23,25). The molecule has 26 heavy (non-hydrogen) atoms. The van der Waals surface area contributed by atoms with E-state index in [4.69, 9.17) is 0 Å². The smallest absolute Gasteiger partial charge is 0.258 e. The molecule has 0 aromatic heterocycles. The maximum absolute atomic E-state index is 13.1. The Morgan fingerprint density at radius 2 is 1.96 bits per heavy atom. The fourth-order valence-corrected chi connectivity index (χ4v) is 3.32. The van der Waals surface area contributed by atoms with Gasteiger partial charge in [-0.2, -0.15) is 0 Å². The van der Waals surface area contributed by atoms with E-state index in [0.717, 1.165) is 25.1 Å². The number of aryl methyl sites for hydroxylation is 1. The predicted molar refractivity (Wildman–Crippen MR) is 106 cm³/mol. The van der Waals surface area contributed by atoms with E-state index < -0.39 is 0 Å². The number of nitrogens with one attached hydrogen (secondary N) is 1. The summed E-state index contributed by atoms with van der Waals surface area (Å²) in [6.07, 6.45) is 2.38. The van der Waals surface area contributed by atoms with Gasteiger partial charge in [0.25, 0.3) is 5.91 Å². The van der Waals surface area contributed by atoms with Crippen molar-refractivity contribution in [1.29, 1.82) is 0 Å². The molecule has 3 rings (SSSR count). The lowest BCUT2D eigenvalue weighted by Gasteiger charge is -2.30. The molecular formula is C22H26N2O2. The van der Waals surface area contributed by atoms with E-state index >= 15 is 0 Å². The van der Waals surface area contributed by atoms with Gasteiger partial charge in [0.1, 0.15) is 0 Å². The van der Waals surface area contributed by atoms with Crippen LogP contribution in [0.2, 0.25) is 0 Å². The molecule has 0 unspecified atom stereocenters. The van der Waals surface area contributed by atoms with Gasteiger partial charge in [-0.15, -0.1) is 0 Å². The lowest BCUT2D eigenvalue weighted by molar-refractivity contribution is -0.115. The molecule has 2 aromatic rings. The van der Waals surface area contributed by atoms with E-state index in [1.165, 1.54) is 11.1 Å². The average molecular weight is 350 g/mol. The number of benzene rings is 2. The minimum atomic E-state index is -0.0564. The van der Waals surface area contributed by atoms with Crippen molar-refractivity contribution < 1.29 is 9.59 Å². The van der Waals surface area contributed by atoms with Gasteiger partial charge in [-0.1, -0.05) is 39.0 Å². The summed E-state index contributed by atoms with van der Waals surface area (Å²) in [7, 11) is 0. The van der Waals surface area contributed by atoms with Gasteiger partial charge in [-0.05, 0) is 54.2 Å². The van der Waals surface area contributed by atoms with Crippen LogP contribution in [-0.2, 0) is 11.2 Å². The molecule has 1 heterocycles. The third-order valence-corrected chi connectivity index (χ3v) is 4.85. The third kappa shape index (κ3) is 3.79. The summed E-state index contributed by atoms with van der Waals surface area (Å²) in [5.41, 5.74) is 4.82. The van der Waals surface area contributed by atoms with E-state index in [2.05, 4.69) is 37.4 Å². The van der Waals surface area contributed by atoms with Crippen LogP contribution in [0.5, 0.6) is 0 Å². The largest absolute Gasteiger partial charge is 0.326 e. The molecule has 136 valence electrons. The number of rotatable bonds is 4. The van der Waals surface area contributed by atoms with E-state index in [9.17, 15) is 9.59 Å². The second-order valence-corrected chi connectivity index (χ2v) is 7.09. The Morgan fingerprint density at radius 3 is 2.69 bits per heavy atom. The Labute approximate surface area is 155 Å². The summed E-state index contributed by atoms with van der Waals surface area (Å²) < 4.78 is 0. The Kier molecular flexibility index (Phi) is 5.40. The van der Waals surface area contributed by atoms with Crippen LogP contribution >= 0.6 is 0 Å². The first-order valence-corrected chi connectivity index (χ1v) is 9.34. The number of carbonyl (C=O) groups excluding carboxylic acids is 2. The first-order valence-electron chi connectivity index (χ1n) is 9.34. The fraction of sp³-hybridized carbons (Fsp3) is 0.364. The lowest BCUT2D eigenvalue weighted by Crippen LogP contribution is -2.35. The number of carbonyl (C=O) groups is 2. The lowest BCUT2D eigenvalue weighted by atomic mass is 9.94. The summed E-state index contributed by atoms with van der Waals surface area (Å²) >= 11 is 0. The van der Waals surface area contributed by atoms with Gasteiger partial charge in [0.15, 0.2) is 0 Å². The Balaban J connectivity index is 1.88.